The molecule has 4 nitrogen and oxygen atoms in total. The minimum Gasteiger partial charge on any atom is -0.354 e. The van der Waals surface area contributed by atoms with E-state index in [-0.39, 0.29) is 11.4 Å². The molecule has 18 heavy (non-hydrogen) atoms. The summed E-state index contributed by atoms with van der Waals surface area (Å²) in [4.78, 5) is 14.6. The van der Waals surface area contributed by atoms with E-state index in [0.29, 0.717) is 0 Å². The first-order valence-electron chi connectivity index (χ1n) is 7.44. The van der Waals surface area contributed by atoms with Gasteiger partial charge in [0.05, 0.1) is 5.54 Å². The van der Waals surface area contributed by atoms with E-state index in [9.17, 15) is 4.79 Å². The van der Waals surface area contributed by atoms with Gasteiger partial charge in [-0.2, -0.15) is 0 Å². The number of hydrogen-bond donors (Lipinski definition) is 2. The summed E-state index contributed by atoms with van der Waals surface area (Å²) in [6, 6.07) is 0. The number of hydrogen-bond acceptors (Lipinski definition) is 3. The van der Waals surface area contributed by atoms with Crippen molar-refractivity contribution in [3.05, 3.63) is 0 Å². The van der Waals surface area contributed by atoms with E-state index in [4.69, 9.17) is 0 Å². The highest BCUT2D eigenvalue weighted by molar-refractivity contribution is 5.86. The van der Waals surface area contributed by atoms with Crippen LogP contribution in [0.25, 0.3) is 0 Å². The largest absolute Gasteiger partial charge is 0.354 e. The molecule has 1 saturated heterocycles. The molecule has 1 rings (SSSR count). The molecule has 0 saturated carbocycles. The zero-order valence-electron chi connectivity index (χ0n) is 12.2. The van der Waals surface area contributed by atoms with Crippen LogP contribution in [0.3, 0.4) is 0 Å². The molecule has 4 heteroatoms. The Morgan fingerprint density at radius 1 is 1.33 bits per heavy atom. The number of carbonyl (C=O) groups excluding carboxylic acids is 1. The molecule has 1 amide bonds. The van der Waals surface area contributed by atoms with Crippen molar-refractivity contribution in [3.63, 3.8) is 0 Å². The standard InChI is InChI=1S/C14H29N3O/c1-4-14(9-7-11-16-14)13(18)15-10-8-12-17(5-2)6-3/h16H,4-12H2,1-3H3,(H,15,18). The Hall–Kier alpha value is -0.610. The van der Waals surface area contributed by atoms with Crippen molar-refractivity contribution in [2.24, 2.45) is 0 Å². The van der Waals surface area contributed by atoms with E-state index in [0.717, 1.165) is 58.4 Å². The Labute approximate surface area is 111 Å². The molecule has 0 aromatic carbocycles. The highest BCUT2D eigenvalue weighted by Gasteiger charge is 2.38. The molecule has 1 aliphatic heterocycles. The molecular formula is C14H29N3O. The lowest BCUT2D eigenvalue weighted by Gasteiger charge is -2.27. The second-order valence-corrected chi connectivity index (χ2v) is 5.10. The molecule has 1 fully saturated rings. The van der Waals surface area contributed by atoms with Crippen molar-refractivity contribution in [2.75, 3.05) is 32.7 Å². The summed E-state index contributed by atoms with van der Waals surface area (Å²) in [6.45, 7) is 11.5. The van der Waals surface area contributed by atoms with Gasteiger partial charge in [-0.05, 0) is 51.9 Å². The first-order chi connectivity index (χ1) is 8.68. The Balaban J connectivity index is 2.24. The fourth-order valence-electron chi connectivity index (χ4n) is 2.68. The zero-order valence-corrected chi connectivity index (χ0v) is 12.2. The molecule has 1 heterocycles. The molecule has 1 atom stereocenters. The van der Waals surface area contributed by atoms with Crippen LogP contribution in [0.2, 0.25) is 0 Å². The fraction of sp³-hybridized carbons (Fsp3) is 0.929. The minimum atomic E-state index is -0.283. The number of rotatable bonds is 8. The molecule has 0 aliphatic carbocycles. The molecule has 106 valence electrons. The van der Waals surface area contributed by atoms with Crippen molar-refractivity contribution in [3.8, 4) is 0 Å². The summed E-state index contributed by atoms with van der Waals surface area (Å²) in [7, 11) is 0. The molecule has 0 bridgehead atoms. The van der Waals surface area contributed by atoms with Crippen LogP contribution in [0.5, 0.6) is 0 Å². The van der Waals surface area contributed by atoms with Crippen LogP contribution in [0, 0.1) is 0 Å². The van der Waals surface area contributed by atoms with Crippen LogP contribution in [-0.4, -0.2) is 49.1 Å². The Kier molecular flexibility index (Phi) is 6.65. The van der Waals surface area contributed by atoms with Gasteiger partial charge in [-0.15, -0.1) is 0 Å². The number of nitrogens with one attached hydrogen (secondary N) is 2. The lowest BCUT2D eigenvalue weighted by molar-refractivity contribution is -0.127. The first-order valence-corrected chi connectivity index (χ1v) is 7.44. The van der Waals surface area contributed by atoms with E-state index < -0.39 is 0 Å². The average molecular weight is 255 g/mol. The van der Waals surface area contributed by atoms with Gasteiger partial charge in [0.1, 0.15) is 0 Å². The van der Waals surface area contributed by atoms with Gasteiger partial charge in [-0.25, -0.2) is 0 Å². The van der Waals surface area contributed by atoms with Crippen molar-refractivity contribution in [2.45, 2.75) is 52.0 Å². The van der Waals surface area contributed by atoms with Crippen LogP contribution in [0.1, 0.15) is 46.5 Å². The predicted molar refractivity (Wildman–Crippen MR) is 75.7 cm³/mol. The summed E-state index contributed by atoms with van der Waals surface area (Å²) in [5.41, 5.74) is -0.283. The smallest absolute Gasteiger partial charge is 0.240 e. The lowest BCUT2D eigenvalue weighted by atomic mass is 9.93. The van der Waals surface area contributed by atoms with Crippen LogP contribution in [-0.2, 0) is 4.79 Å². The van der Waals surface area contributed by atoms with E-state index >= 15 is 0 Å². The van der Waals surface area contributed by atoms with Gasteiger partial charge in [0, 0.05) is 6.54 Å². The minimum absolute atomic E-state index is 0.196. The topological polar surface area (TPSA) is 44.4 Å². The Bertz CT molecular complexity index is 245. The number of amides is 1. The van der Waals surface area contributed by atoms with Gasteiger partial charge in [0.25, 0.3) is 0 Å². The predicted octanol–water partition coefficient (Wildman–Crippen LogP) is 1.37. The number of carbonyl (C=O) groups is 1. The van der Waals surface area contributed by atoms with Gasteiger partial charge in [-0.3, -0.25) is 4.79 Å². The SMILES string of the molecule is CCN(CC)CCCNC(=O)C1(CC)CCCN1. The van der Waals surface area contributed by atoms with Crippen LogP contribution >= 0.6 is 0 Å². The van der Waals surface area contributed by atoms with E-state index in [2.05, 4.69) is 36.3 Å². The van der Waals surface area contributed by atoms with Gasteiger partial charge < -0.3 is 15.5 Å². The van der Waals surface area contributed by atoms with Crippen molar-refractivity contribution >= 4 is 5.91 Å². The molecule has 2 N–H and O–H groups in total. The maximum atomic E-state index is 12.2. The zero-order chi connectivity index (χ0) is 13.4. The second-order valence-electron chi connectivity index (χ2n) is 5.10. The molecule has 0 spiro atoms. The monoisotopic (exact) mass is 255 g/mol. The van der Waals surface area contributed by atoms with Crippen LogP contribution < -0.4 is 10.6 Å². The quantitative estimate of drug-likeness (QED) is 0.644. The average Bonchev–Trinajstić information content (AvgIpc) is 2.88. The van der Waals surface area contributed by atoms with E-state index in [1.165, 1.54) is 0 Å². The summed E-state index contributed by atoms with van der Waals surface area (Å²) < 4.78 is 0. The van der Waals surface area contributed by atoms with Gasteiger partial charge in [-0.1, -0.05) is 20.8 Å². The fourth-order valence-corrected chi connectivity index (χ4v) is 2.68. The Morgan fingerprint density at radius 2 is 2.06 bits per heavy atom. The summed E-state index contributed by atoms with van der Waals surface area (Å²) in [6.07, 6.45) is 4.01. The molecule has 0 aromatic rings. The van der Waals surface area contributed by atoms with Crippen LogP contribution in [0.15, 0.2) is 0 Å². The van der Waals surface area contributed by atoms with Crippen molar-refractivity contribution in [1.82, 2.24) is 15.5 Å². The van der Waals surface area contributed by atoms with Crippen molar-refractivity contribution in [1.29, 1.82) is 0 Å². The summed E-state index contributed by atoms with van der Waals surface area (Å²) in [5.74, 6) is 0.196. The molecule has 1 unspecified atom stereocenters. The van der Waals surface area contributed by atoms with E-state index in [1.807, 2.05) is 0 Å². The Morgan fingerprint density at radius 3 is 2.56 bits per heavy atom. The lowest BCUT2D eigenvalue weighted by Crippen LogP contribution is -2.53. The maximum absolute atomic E-state index is 12.2. The summed E-state index contributed by atoms with van der Waals surface area (Å²) >= 11 is 0. The third-order valence-corrected chi connectivity index (χ3v) is 4.11. The van der Waals surface area contributed by atoms with Gasteiger partial charge >= 0.3 is 0 Å². The molecule has 0 aromatic heterocycles. The molecule has 0 radical (unpaired) electrons. The van der Waals surface area contributed by atoms with Crippen LogP contribution in [0.4, 0.5) is 0 Å². The highest BCUT2D eigenvalue weighted by Crippen LogP contribution is 2.22. The van der Waals surface area contributed by atoms with Crippen molar-refractivity contribution < 1.29 is 4.79 Å². The third-order valence-electron chi connectivity index (χ3n) is 4.11. The van der Waals surface area contributed by atoms with Gasteiger partial charge in [0.2, 0.25) is 5.91 Å². The molecular weight excluding hydrogens is 226 g/mol. The maximum Gasteiger partial charge on any atom is 0.240 e. The van der Waals surface area contributed by atoms with E-state index in [1.54, 1.807) is 0 Å². The summed E-state index contributed by atoms with van der Waals surface area (Å²) in [5, 5.41) is 6.46. The first kappa shape index (κ1) is 15.4. The van der Waals surface area contributed by atoms with Gasteiger partial charge in [0.15, 0.2) is 0 Å². The number of nitrogens with zero attached hydrogens (tertiary/aromatic N) is 1. The highest BCUT2D eigenvalue weighted by atomic mass is 16.2. The second kappa shape index (κ2) is 7.74. The third kappa shape index (κ3) is 3.95. The normalized spacial score (nSPS) is 23.6. The molecule has 1 aliphatic rings.